The first-order valence-electron chi connectivity index (χ1n) is 14.3. The van der Waals surface area contributed by atoms with Gasteiger partial charge in [0.1, 0.15) is 17.4 Å². The Morgan fingerprint density at radius 3 is 2.41 bits per heavy atom. The summed E-state index contributed by atoms with van der Waals surface area (Å²) in [4.78, 5) is 28.7. The molecule has 1 saturated heterocycles. The van der Waals surface area contributed by atoms with E-state index in [0.29, 0.717) is 19.4 Å². The summed E-state index contributed by atoms with van der Waals surface area (Å²) >= 11 is 0. The SMILES string of the molecule is C=CCC(C)(C)CCOC(=O)N[C@H](C(=O)N1C[C@](OC)(c2ccc3cc(OC)c(C=C)cc3c2)C[C@H]1C)C(C)(C)C. The minimum Gasteiger partial charge on any atom is -0.496 e. The highest BCUT2D eigenvalue weighted by molar-refractivity contribution is 5.89. The highest BCUT2D eigenvalue weighted by Crippen LogP contribution is 2.41. The summed E-state index contributed by atoms with van der Waals surface area (Å²) in [5.41, 5.74) is 0.682. The van der Waals surface area contributed by atoms with Crippen molar-refractivity contribution in [2.75, 3.05) is 27.4 Å². The zero-order valence-electron chi connectivity index (χ0n) is 26.1. The number of nitrogens with one attached hydrogen (secondary N) is 1. The molecule has 0 saturated carbocycles. The third-order valence-corrected chi connectivity index (χ3v) is 8.28. The number of alkyl carbamates (subject to hydrolysis) is 1. The van der Waals surface area contributed by atoms with Crippen LogP contribution in [0.4, 0.5) is 4.79 Å². The van der Waals surface area contributed by atoms with Crippen LogP contribution in [0.1, 0.15) is 71.9 Å². The van der Waals surface area contributed by atoms with Crippen molar-refractivity contribution in [2.45, 2.75) is 78.5 Å². The standard InChI is InChI=1S/C34H48N2O5/c1-11-15-33(7,8)16-17-41-31(38)35-29(32(4,5)6)30(37)36-22-34(40-10,21-23(36)3)27-14-13-25-20-28(39-9)24(12-2)18-26(25)19-27/h11-14,18-20,23,29H,1-2,15-17,21-22H2,3-10H3,(H,35,38)/t23-,29-,34+/m1/s1. The summed E-state index contributed by atoms with van der Waals surface area (Å²) in [6.45, 7) is 20.4. The number of hydrogen-bond donors (Lipinski definition) is 1. The van der Waals surface area contributed by atoms with Crippen molar-refractivity contribution in [3.63, 3.8) is 0 Å². The minimum absolute atomic E-state index is 0.0160. The van der Waals surface area contributed by atoms with Gasteiger partial charge in [0.2, 0.25) is 5.91 Å². The third-order valence-electron chi connectivity index (χ3n) is 8.28. The lowest BCUT2D eigenvalue weighted by Gasteiger charge is -2.35. The maximum atomic E-state index is 14.0. The van der Waals surface area contributed by atoms with Gasteiger partial charge in [0.15, 0.2) is 0 Å². The number of likely N-dealkylation sites (tertiary alicyclic amines) is 1. The zero-order valence-corrected chi connectivity index (χ0v) is 26.1. The van der Waals surface area contributed by atoms with E-state index in [1.165, 1.54) is 0 Å². The van der Waals surface area contributed by atoms with E-state index < -0.39 is 23.2 Å². The van der Waals surface area contributed by atoms with Crippen molar-refractivity contribution in [3.05, 3.63) is 60.7 Å². The number of methoxy groups -OCH3 is 2. The van der Waals surface area contributed by atoms with Gasteiger partial charge in [-0.2, -0.15) is 0 Å². The molecule has 0 aromatic heterocycles. The summed E-state index contributed by atoms with van der Waals surface area (Å²) in [5, 5.41) is 4.96. The number of benzene rings is 2. The Hall–Kier alpha value is -3.32. The van der Waals surface area contributed by atoms with E-state index in [2.05, 4.69) is 56.6 Å². The van der Waals surface area contributed by atoms with Crippen LogP contribution in [-0.4, -0.2) is 56.4 Å². The Kier molecular flexibility index (Phi) is 9.96. The Morgan fingerprint density at radius 1 is 1.12 bits per heavy atom. The first kappa shape index (κ1) is 32.2. The molecule has 0 unspecified atom stereocenters. The second-order valence-corrected chi connectivity index (χ2v) is 13.1. The predicted molar refractivity (Wildman–Crippen MR) is 166 cm³/mol. The van der Waals surface area contributed by atoms with E-state index in [1.54, 1.807) is 20.3 Å². The Labute approximate surface area is 245 Å². The molecule has 1 heterocycles. The molecule has 3 atom stereocenters. The number of allylic oxidation sites excluding steroid dienone is 1. The number of ether oxygens (including phenoxy) is 3. The van der Waals surface area contributed by atoms with E-state index >= 15 is 0 Å². The monoisotopic (exact) mass is 564 g/mol. The fourth-order valence-electron chi connectivity index (χ4n) is 5.65. The molecular weight excluding hydrogens is 516 g/mol. The molecule has 1 fully saturated rings. The van der Waals surface area contributed by atoms with Crippen LogP contribution in [0.5, 0.6) is 5.75 Å². The Balaban J connectivity index is 1.82. The fraction of sp³-hybridized carbons (Fsp3) is 0.529. The van der Waals surface area contributed by atoms with Crippen molar-refractivity contribution >= 4 is 28.8 Å². The summed E-state index contributed by atoms with van der Waals surface area (Å²) in [6.07, 6.45) is 5.23. The molecule has 0 spiro atoms. The van der Waals surface area contributed by atoms with E-state index in [4.69, 9.17) is 14.2 Å². The van der Waals surface area contributed by atoms with Crippen LogP contribution in [0.3, 0.4) is 0 Å². The number of carbonyl (C=O) groups excluding carboxylic acids is 2. The Morgan fingerprint density at radius 2 is 1.83 bits per heavy atom. The molecule has 1 aliphatic rings. The summed E-state index contributed by atoms with van der Waals surface area (Å²) < 4.78 is 17.2. The molecule has 0 aliphatic carbocycles. The lowest BCUT2D eigenvalue weighted by Crippen LogP contribution is -2.56. The van der Waals surface area contributed by atoms with Gasteiger partial charge in [0.05, 0.1) is 20.3 Å². The molecular formula is C34H48N2O5. The topological polar surface area (TPSA) is 77.1 Å². The van der Waals surface area contributed by atoms with Crippen LogP contribution in [0.15, 0.2) is 49.6 Å². The average molecular weight is 565 g/mol. The summed E-state index contributed by atoms with van der Waals surface area (Å²) in [6, 6.07) is 9.44. The van der Waals surface area contributed by atoms with Gasteiger partial charge < -0.3 is 24.4 Å². The quantitative estimate of drug-likeness (QED) is 0.295. The van der Waals surface area contributed by atoms with Crippen molar-refractivity contribution in [3.8, 4) is 5.75 Å². The molecule has 7 nitrogen and oxygen atoms in total. The van der Waals surface area contributed by atoms with E-state index in [-0.39, 0.29) is 24.0 Å². The van der Waals surface area contributed by atoms with Crippen LogP contribution in [0.2, 0.25) is 0 Å². The van der Waals surface area contributed by atoms with Crippen molar-refractivity contribution < 1.29 is 23.8 Å². The van der Waals surface area contributed by atoms with Crippen LogP contribution in [-0.2, 0) is 19.9 Å². The second kappa shape index (κ2) is 12.7. The van der Waals surface area contributed by atoms with E-state index in [9.17, 15) is 9.59 Å². The van der Waals surface area contributed by atoms with Gasteiger partial charge in [-0.1, -0.05) is 65.5 Å². The summed E-state index contributed by atoms with van der Waals surface area (Å²) in [5.74, 6) is 0.625. The zero-order chi connectivity index (χ0) is 30.6. The van der Waals surface area contributed by atoms with Gasteiger partial charge in [-0.05, 0) is 65.1 Å². The smallest absolute Gasteiger partial charge is 0.407 e. The molecule has 7 heteroatoms. The maximum absolute atomic E-state index is 14.0. The number of nitrogens with zero attached hydrogens (tertiary/aromatic N) is 1. The van der Waals surface area contributed by atoms with Gasteiger partial charge >= 0.3 is 6.09 Å². The lowest BCUT2D eigenvalue weighted by molar-refractivity contribution is -0.137. The average Bonchev–Trinajstić information content (AvgIpc) is 3.26. The first-order valence-corrected chi connectivity index (χ1v) is 14.3. The maximum Gasteiger partial charge on any atom is 0.407 e. The van der Waals surface area contributed by atoms with Crippen LogP contribution < -0.4 is 10.1 Å². The highest BCUT2D eigenvalue weighted by Gasteiger charge is 2.48. The molecule has 2 amide bonds. The molecule has 0 radical (unpaired) electrons. The largest absolute Gasteiger partial charge is 0.496 e. The van der Waals surface area contributed by atoms with Gasteiger partial charge in [-0.3, -0.25) is 4.79 Å². The van der Waals surface area contributed by atoms with Gasteiger partial charge in [0.25, 0.3) is 0 Å². The van der Waals surface area contributed by atoms with Crippen LogP contribution in [0.25, 0.3) is 16.8 Å². The lowest BCUT2D eigenvalue weighted by atomic mass is 9.85. The number of hydrogen-bond acceptors (Lipinski definition) is 5. The van der Waals surface area contributed by atoms with Crippen LogP contribution in [0, 0.1) is 10.8 Å². The van der Waals surface area contributed by atoms with Gasteiger partial charge in [-0.15, -0.1) is 6.58 Å². The summed E-state index contributed by atoms with van der Waals surface area (Å²) in [7, 11) is 3.34. The minimum atomic E-state index is -0.759. The normalized spacial score (nSPS) is 20.0. The number of carbonyl (C=O) groups is 2. The van der Waals surface area contributed by atoms with Crippen molar-refractivity contribution in [2.24, 2.45) is 10.8 Å². The van der Waals surface area contributed by atoms with Gasteiger partial charge in [-0.25, -0.2) is 4.79 Å². The van der Waals surface area contributed by atoms with Crippen molar-refractivity contribution in [1.29, 1.82) is 0 Å². The third kappa shape index (κ3) is 7.31. The Bertz CT molecular complexity index is 1280. The number of fused-ring (bicyclic) bond motifs is 1. The molecule has 1 N–H and O–H groups in total. The first-order chi connectivity index (χ1) is 19.2. The molecule has 2 aromatic rings. The molecule has 224 valence electrons. The van der Waals surface area contributed by atoms with Gasteiger partial charge in [0, 0.05) is 25.1 Å². The molecule has 3 rings (SSSR count). The number of amides is 2. The molecule has 0 bridgehead atoms. The second-order valence-electron chi connectivity index (χ2n) is 13.1. The van der Waals surface area contributed by atoms with Crippen LogP contribution >= 0.6 is 0 Å². The van der Waals surface area contributed by atoms with E-state index in [0.717, 1.165) is 34.1 Å². The fourth-order valence-corrected chi connectivity index (χ4v) is 5.65. The molecule has 41 heavy (non-hydrogen) atoms. The number of rotatable bonds is 11. The molecule has 2 aromatic carbocycles. The molecule has 1 aliphatic heterocycles. The highest BCUT2D eigenvalue weighted by atomic mass is 16.5. The van der Waals surface area contributed by atoms with E-state index in [1.807, 2.05) is 44.7 Å². The van der Waals surface area contributed by atoms with Crippen molar-refractivity contribution in [1.82, 2.24) is 10.2 Å². The predicted octanol–water partition coefficient (Wildman–Crippen LogP) is 7.09.